The molecule has 0 aliphatic heterocycles. The summed E-state index contributed by atoms with van der Waals surface area (Å²) in [6, 6.07) is 0. The van der Waals surface area contributed by atoms with Gasteiger partial charge >= 0.3 is 11.9 Å². The van der Waals surface area contributed by atoms with Crippen LogP contribution < -0.4 is 11.5 Å². The van der Waals surface area contributed by atoms with Crippen LogP contribution in [0.1, 0.15) is 0 Å². The van der Waals surface area contributed by atoms with Gasteiger partial charge in [0.15, 0.2) is 23.9 Å². The summed E-state index contributed by atoms with van der Waals surface area (Å²) >= 11 is 0. The van der Waals surface area contributed by atoms with Crippen LogP contribution in [-0.2, 0) is 9.59 Å². The zero-order chi connectivity index (χ0) is 25.2. The van der Waals surface area contributed by atoms with Crippen LogP contribution in [0.4, 0.5) is 0 Å². The number of aliphatic carboxylic acids is 2. The highest BCUT2D eigenvalue weighted by Gasteiger charge is 2.34. The first-order valence-corrected chi connectivity index (χ1v) is 8.36. The highest BCUT2D eigenvalue weighted by Crippen LogP contribution is 2.05. The predicted octanol–water partition coefficient (Wildman–Crippen LogP) is -7.27. The Bertz CT molecular complexity index is 696. The average molecular weight is 468 g/mol. The quantitative estimate of drug-likeness (QED) is 0.0719. The number of carbonyl (C=O) groups is 2. The number of rotatable bonds is 12. The second kappa shape index (κ2) is 13.3. The molecule has 8 unspecified atom stereocenters. The van der Waals surface area contributed by atoms with Gasteiger partial charge < -0.3 is 62.5 Å². The fourth-order valence-electron chi connectivity index (χ4n) is 1.68. The number of carboxylic acid groups (broad SMARTS) is 2. The molecule has 0 amide bonds. The number of nitrogens with zero attached hydrogens (tertiary/aromatic N) is 4. The number of aliphatic hydroxyl groups is 8. The molecule has 0 radical (unpaired) electrons. The van der Waals surface area contributed by atoms with E-state index < -0.39 is 72.4 Å². The smallest absolute Gasteiger partial charge is 0.335 e. The lowest BCUT2D eigenvalue weighted by molar-refractivity contribution is -0.161. The van der Waals surface area contributed by atoms with Crippen molar-refractivity contribution in [1.29, 1.82) is 0 Å². The molecular weight excluding hydrogens is 444 g/mol. The predicted molar refractivity (Wildman–Crippen MR) is 104 cm³/mol. The topological polar surface area (TPSA) is 338 Å². The van der Waals surface area contributed by atoms with Gasteiger partial charge in [-0.3, -0.25) is 0 Å². The van der Waals surface area contributed by atoms with Crippen LogP contribution in [0.15, 0.2) is 20.4 Å². The maximum Gasteiger partial charge on any atom is 0.335 e. The first-order chi connectivity index (χ1) is 14.7. The van der Waals surface area contributed by atoms with Gasteiger partial charge in [0.2, 0.25) is 0 Å². The summed E-state index contributed by atoms with van der Waals surface area (Å²) in [6.45, 7) is 0. The molecule has 18 nitrogen and oxygen atoms in total. The largest absolute Gasteiger partial charge is 0.479 e. The van der Waals surface area contributed by atoms with Crippen molar-refractivity contribution in [2.45, 2.75) is 48.8 Å². The Hall–Kier alpha value is -3.10. The number of aliphatic hydroxyl groups excluding tert-OH is 8. The molecule has 8 atom stereocenters. The molecular formula is C14H24N6O12. The van der Waals surface area contributed by atoms with E-state index in [1.54, 1.807) is 0 Å². The van der Waals surface area contributed by atoms with Crippen LogP contribution >= 0.6 is 0 Å². The molecule has 182 valence electrons. The van der Waals surface area contributed by atoms with Crippen LogP contribution in [0, 0.1) is 0 Å². The molecule has 0 aromatic heterocycles. The van der Waals surface area contributed by atoms with Gasteiger partial charge in [-0.15, -0.1) is 10.2 Å². The molecule has 0 fully saturated rings. The molecule has 0 aromatic carbocycles. The van der Waals surface area contributed by atoms with E-state index in [0.29, 0.717) is 12.4 Å². The summed E-state index contributed by atoms with van der Waals surface area (Å²) in [5.41, 5.74) is 10.7. The van der Waals surface area contributed by atoms with E-state index in [2.05, 4.69) is 20.4 Å². The van der Waals surface area contributed by atoms with E-state index in [9.17, 15) is 40.2 Å². The number of nitrogens with two attached hydrogens (primary N) is 2. The van der Waals surface area contributed by atoms with Gasteiger partial charge in [-0.05, 0) is 0 Å². The molecule has 18 heteroatoms. The fourth-order valence-corrected chi connectivity index (χ4v) is 1.68. The molecule has 0 saturated heterocycles. The molecule has 0 aromatic rings. The highest BCUT2D eigenvalue weighted by molar-refractivity contribution is 6.39. The van der Waals surface area contributed by atoms with Crippen LogP contribution in [-0.4, -0.2) is 136 Å². The third-order valence-corrected chi connectivity index (χ3v) is 3.58. The third-order valence-electron chi connectivity index (χ3n) is 3.58. The normalized spacial score (nSPS) is 21.0. The lowest BCUT2D eigenvalue weighted by Crippen LogP contribution is -2.48. The van der Waals surface area contributed by atoms with Gasteiger partial charge in [0.25, 0.3) is 0 Å². The molecule has 0 rings (SSSR count). The minimum Gasteiger partial charge on any atom is -0.479 e. The Morgan fingerprint density at radius 3 is 1.12 bits per heavy atom. The van der Waals surface area contributed by atoms with Crippen molar-refractivity contribution in [3.8, 4) is 0 Å². The summed E-state index contributed by atoms with van der Waals surface area (Å²) in [5.74, 6) is -4.94. The van der Waals surface area contributed by atoms with Crippen LogP contribution in [0.5, 0.6) is 0 Å². The van der Waals surface area contributed by atoms with Gasteiger partial charge in [0, 0.05) is 0 Å². The van der Waals surface area contributed by atoms with Crippen molar-refractivity contribution in [3.63, 3.8) is 0 Å². The highest BCUT2D eigenvalue weighted by atomic mass is 16.4. The lowest BCUT2D eigenvalue weighted by atomic mass is 10.0. The summed E-state index contributed by atoms with van der Waals surface area (Å²) in [4.78, 5) is 21.0. The molecule has 32 heavy (non-hydrogen) atoms. The SMILES string of the molecule is NC(=NN=CC(O)C(O)C(O)C(O)C(=O)O)C(N)=NN=CC(O)C(O)C(O)C(O)C(=O)O. The number of hydrogen-bond acceptors (Lipinski definition) is 14. The second-order valence-corrected chi connectivity index (χ2v) is 6.01. The molecule has 0 spiro atoms. The third kappa shape index (κ3) is 8.95. The fraction of sp³-hybridized carbons (Fsp3) is 0.571. The summed E-state index contributed by atoms with van der Waals surface area (Å²) in [7, 11) is 0. The maximum absolute atomic E-state index is 10.5. The van der Waals surface area contributed by atoms with Crippen LogP contribution in [0.2, 0.25) is 0 Å². The van der Waals surface area contributed by atoms with Crippen LogP contribution in [0.3, 0.4) is 0 Å². The zero-order valence-electron chi connectivity index (χ0n) is 16.0. The van der Waals surface area contributed by atoms with Gasteiger partial charge in [-0.25, -0.2) is 9.59 Å². The van der Waals surface area contributed by atoms with Crippen molar-refractivity contribution >= 4 is 36.0 Å². The number of amidine groups is 2. The Morgan fingerprint density at radius 2 is 0.875 bits per heavy atom. The maximum atomic E-state index is 10.5. The van der Waals surface area contributed by atoms with Gasteiger partial charge in [-0.2, -0.15) is 10.2 Å². The Balaban J connectivity index is 5.00. The zero-order valence-corrected chi connectivity index (χ0v) is 16.0. The summed E-state index contributed by atoms with van der Waals surface area (Å²) < 4.78 is 0. The molecule has 14 N–H and O–H groups in total. The molecule has 0 bridgehead atoms. The van der Waals surface area contributed by atoms with Crippen molar-refractivity contribution in [1.82, 2.24) is 0 Å². The number of carboxylic acids is 2. The van der Waals surface area contributed by atoms with Gasteiger partial charge in [0.1, 0.15) is 36.6 Å². The van der Waals surface area contributed by atoms with Crippen LogP contribution in [0.25, 0.3) is 0 Å². The second-order valence-electron chi connectivity index (χ2n) is 6.01. The summed E-state index contributed by atoms with van der Waals surface area (Å²) in [5, 5.41) is 105. The standard InChI is InChI=1S/C14H24N6O12/c15-11(19-17-1-3(21)5(23)7(25)9(27)13(29)30)12(16)20-18-2-4(22)6(24)8(26)10(28)14(31)32/h1-10,21-28H,(H2,15,19)(H2,16,20)(H,29,30)(H,31,32). The lowest BCUT2D eigenvalue weighted by Gasteiger charge is -2.22. The number of hydrogen-bond donors (Lipinski definition) is 12. The van der Waals surface area contributed by atoms with Crippen molar-refractivity contribution in [2.24, 2.45) is 31.9 Å². The van der Waals surface area contributed by atoms with Crippen molar-refractivity contribution in [2.75, 3.05) is 0 Å². The Morgan fingerprint density at radius 1 is 0.594 bits per heavy atom. The first-order valence-electron chi connectivity index (χ1n) is 8.36. The molecule has 0 saturated carbocycles. The van der Waals surface area contributed by atoms with E-state index in [4.69, 9.17) is 31.9 Å². The van der Waals surface area contributed by atoms with E-state index in [0.717, 1.165) is 0 Å². The van der Waals surface area contributed by atoms with Gasteiger partial charge in [0.05, 0.1) is 12.4 Å². The molecule has 0 aliphatic rings. The van der Waals surface area contributed by atoms with Crippen molar-refractivity contribution in [3.05, 3.63) is 0 Å². The van der Waals surface area contributed by atoms with E-state index in [1.165, 1.54) is 0 Å². The first kappa shape index (κ1) is 28.9. The molecule has 0 heterocycles. The van der Waals surface area contributed by atoms with E-state index >= 15 is 0 Å². The minimum atomic E-state index is -2.38. The Kier molecular flexibility index (Phi) is 12.0. The van der Waals surface area contributed by atoms with Crippen molar-refractivity contribution < 1.29 is 60.7 Å². The van der Waals surface area contributed by atoms with Gasteiger partial charge in [-0.1, -0.05) is 0 Å². The minimum absolute atomic E-state index is 0.515. The average Bonchev–Trinajstić information content (AvgIpc) is 2.74. The monoisotopic (exact) mass is 468 g/mol. The van der Waals surface area contributed by atoms with E-state index in [-0.39, 0.29) is 0 Å². The van der Waals surface area contributed by atoms with E-state index in [1.807, 2.05) is 0 Å². The Labute approximate surface area is 178 Å². The molecule has 0 aliphatic carbocycles. The summed E-state index contributed by atoms with van der Waals surface area (Å²) in [6.07, 6.45) is -16.5.